The number of aliphatic hydroxyl groups is 1. The first-order valence-corrected chi connectivity index (χ1v) is 23.6. The molecule has 3 aliphatic rings. The van der Waals surface area contributed by atoms with Gasteiger partial charge >= 0.3 is 12.1 Å². The SMILES string of the molecule is C=CC[C@H]1C(=O)O[C@H](CC)[C@@]2(C)OC(=O)N(CCCCn3cc(-c4cccc(N)c4)nn3)[C@@H]2[C@@H](C)NC[C@H](C)C[C@@](C)(OC)[C@H](O[C@@H]2OC(C)CC(N(C)C)C2O)[C@@H](C)C1=O.CSF. The summed E-state index contributed by atoms with van der Waals surface area (Å²) < 4.78 is 43.8. The van der Waals surface area contributed by atoms with E-state index in [4.69, 9.17) is 29.4 Å². The molecule has 3 unspecified atom stereocenters. The Morgan fingerprint density at radius 1 is 1.16 bits per heavy atom. The number of carbonyl (C=O) groups is 3. The molecule has 64 heavy (non-hydrogen) atoms. The number of Topliss-reactive ketones (excluding diaryl/α,β-unsaturated/α-hetero) is 1. The van der Waals surface area contributed by atoms with Crippen molar-refractivity contribution in [2.24, 2.45) is 17.8 Å². The first kappa shape index (κ1) is 53.0. The number of nitrogen functional groups attached to an aromatic ring is 1. The Kier molecular flexibility index (Phi) is 19.6. The maximum absolute atomic E-state index is 14.7. The Labute approximate surface area is 383 Å². The van der Waals surface area contributed by atoms with Crippen LogP contribution in [0.4, 0.5) is 14.4 Å². The van der Waals surface area contributed by atoms with Crippen molar-refractivity contribution in [3.8, 4) is 11.3 Å². The smallest absolute Gasteiger partial charge is 0.410 e. The number of halogens is 1. The van der Waals surface area contributed by atoms with Crippen molar-refractivity contribution in [3.05, 3.63) is 43.1 Å². The van der Waals surface area contributed by atoms with Gasteiger partial charge < -0.3 is 44.7 Å². The molecule has 4 N–H and O–H groups in total. The third kappa shape index (κ3) is 12.6. The highest BCUT2D eigenvalue weighted by Gasteiger charge is 2.59. The molecule has 0 saturated carbocycles. The van der Waals surface area contributed by atoms with Crippen LogP contribution in [0.1, 0.15) is 87.0 Å². The highest BCUT2D eigenvalue weighted by atomic mass is 32.2. The topological polar surface area (TPSA) is 193 Å². The van der Waals surface area contributed by atoms with Crippen molar-refractivity contribution in [2.75, 3.05) is 46.3 Å². The number of benzene rings is 1. The number of rotatable bonds is 13. The lowest BCUT2D eigenvalue weighted by Crippen LogP contribution is -2.61. The molecule has 4 heterocycles. The Bertz CT molecular complexity index is 1840. The van der Waals surface area contributed by atoms with Gasteiger partial charge in [0.05, 0.1) is 30.0 Å². The standard InChI is InChI=1S/C45H71N7O9.CH3FS/c1-12-17-33-37(53)29(5)40(60-42-38(54)35(50(9)10)22-28(4)58-42)44(7,57-11)24-27(3)25-47-30(6)39-45(8,36(13-2)59-41(33)55)61-43(56)52(39)21-15-14-20-51-26-34(48-49-51)31-18-16-19-32(46)23-31;1-3-2/h12,16,18-19,23,26-30,33,35-36,38-40,42,47,54H,1,13-15,17,20-22,24-25,46H2,2-11H3;1H3/t27-,28?,29+,30-,33-,35?,36-,38?,39-,40-,42+,44-,45-;/m1./s1. The zero-order chi connectivity index (χ0) is 47.5. The van der Waals surface area contributed by atoms with E-state index in [1.165, 1.54) is 12.3 Å². The molecule has 3 aliphatic heterocycles. The third-order valence-corrected chi connectivity index (χ3v) is 13.1. The first-order valence-electron chi connectivity index (χ1n) is 22.5. The molecule has 0 aliphatic carbocycles. The molecule has 18 heteroatoms. The number of carbonyl (C=O) groups excluding carboxylic acids is 3. The summed E-state index contributed by atoms with van der Waals surface area (Å²) in [7, 11) is 5.39. The van der Waals surface area contributed by atoms with E-state index in [0.29, 0.717) is 57.4 Å². The van der Waals surface area contributed by atoms with E-state index in [0.717, 1.165) is 11.3 Å². The predicted octanol–water partition coefficient (Wildman–Crippen LogP) is 6.07. The summed E-state index contributed by atoms with van der Waals surface area (Å²) >= 11 is 0.250. The lowest BCUT2D eigenvalue weighted by atomic mass is 9.77. The Morgan fingerprint density at radius 3 is 2.47 bits per heavy atom. The molecule has 0 bridgehead atoms. The number of cyclic esters (lactones) is 1. The summed E-state index contributed by atoms with van der Waals surface area (Å²) in [6.45, 7) is 18.7. The number of anilines is 1. The summed E-state index contributed by atoms with van der Waals surface area (Å²) in [5.41, 5.74) is 5.89. The second-order valence-corrected chi connectivity index (χ2v) is 18.6. The normalized spacial score (nSPS) is 34.2. The van der Waals surface area contributed by atoms with E-state index in [9.17, 15) is 23.4 Å². The number of methoxy groups -OCH3 is 1. The molecule has 1 aromatic heterocycles. The summed E-state index contributed by atoms with van der Waals surface area (Å²) in [6.07, 6.45) is 2.93. The van der Waals surface area contributed by atoms with Crippen LogP contribution in [-0.4, -0.2) is 148 Å². The van der Waals surface area contributed by atoms with Crippen LogP contribution in [0.25, 0.3) is 11.3 Å². The van der Waals surface area contributed by atoms with E-state index < -0.39 is 71.5 Å². The fraction of sp³-hybridized carbons (Fsp3) is 0.717. The van der Waals surface area contributed by atoms with Crippen LogP contribution in [-0.2, 0) is 39.8 Å². The van der Waals surface area contributed by atoms with Gasteiger partial charge in [0, 0.05) is 67.9 Å². The van der Waals surface area contributed by atoms with Gasteiger partial charge in [-0.25, -0.2) is 4.79 Å². The number of esters is 1. The quantitative estimate of drug-likeness (QED) is 0.0689. The van der Waals surface area contributed by atoms with E-state index in [1.54, 1.807) is 23.6 Å². The van der Waals surface area contributed by atoms with Crippen molar-refractivity contribution in [2.45, 2.75) is 154 Å². The molecule has 360 valence electrons. The number of unbranched alkanes of at least 4 members (excludes halogenated alkanes) is 1. The van der Waals surface area contributed by atoms with Gasteiger partial charge in [0.1, 0.15) is 23.8 Å². The van der Waals surface area contributed by atoms with Gasteiger partial charge in [0.2, 0.25) is 0 Å². The van der Waals surface area contributed by atoms with E-state index in [2.05, 4.69) is 29.1 Å². The Hall–Kier alpha value is -3.65. The van der Waals surface area contributed by atoms with Gasteiger partial charge in [-0.15, -0.1) is 11.7 Å². The van der Waals surface area contributed by atoms with Gasteiger partial charge in [-0.3, -0.25) is 19.2 Å². The number of allylic oxidation sites excluding steroid dienone is 1. The van der Waals surface area contributed by atoms with Crippen molar-refractivity contribution < 1.29 is 47.1 Å². The number of hydrogen-bond donors (Lipinski definition) is 3. The average Bonchev–Trinajstić information content (AvgIpc) is 3.83. The van der Waals surface area contributed by atoms with Crippen LogP contribution in [0.15, 0.2) is 43.1 Å². The molecular weight excluding hydrogens is 846 g/mol. The fourth-order valence-corrected chi connectivity index (χ4v) is 9.73. The lowest BCUT2D eigenvalue weighted by molar-refractivity contribution is -0.295. The number of nitrogens with two attached hydrogens (primary N) is 1. The van der Waals surface area contributed by atoms with Crippen molar-refractivity contribution in [3.63, 3.8) is 0 Å². The van der Waals surface area contributed by atoms with Crippen LogP contribution < -0.4 is 11.1 Å². The van der Waals surface area contributed by atoms with Crippen molar-refractivity contribution >= 4 is 35.7 Å². The number of nitrogens with one attached hydrogen (secondary N) is 1. The molecule has 13 atom stereocenters. The minimum absolute atomic E-state index is 0.0181. The molecular formula is C46H74FN7O9S. The number of ketones is 1. The molecule has 3 saturated heterocycles. The molecule has 0 spiro atoms. The second kappa shape index (κ2) is 23.7. The number of hydrogen-bond acceptors (Lipinski definition) is 15. The van der Waals surface area contributed by atoms with Gasteiger partial charge in [-0.1, -0.05) is 44.2 Å². The molecule has 2 aromatic rings. The molecule has 0 radical (unpaired) electrons. The average molecular weight is 920 g/mol. The van der Waals surface area contributed by atoms with Crippen molar-refractivity contribution in [1.82, 2.24) is 30.1 Å². The largest absolute Gasteiger partial charge is 0.457 e. The van der Waals surface area contributed by atoms with Crippen LogP contribution >= 0.6 is 12.1 Å². The third-order valence-electron chi connectivity index (χ3n) is 13.1. The zero-order valence-corrected chi connectivity index (χ0v) is 40.5. The molecule has 5 rings (SSSR count). The summed E-state index contributed by atoms with van der Waals surface area (Å²) in [5, 5.41) is 23.8. The monoisotopic (exact) mass is 920 g/mol. The number of likely N-dealkylation sites (N-methyl/N-ethyl adjacent to an activating group) is 1. The first-order chi connectivity index (χ1) is 30.3. The van der Waals surface area contributed by atoms with E-state index in [1.807, 2.05) is 84.1 Å². The number of nitrogens with zero attached hydrogens (tertiary/aromatic N) is 5. The molecule has 16 nitrogen and oxygen atoms in total. The van der Waals surface area contributed by atoms with Crippen molar-refractivity contribution in [1.29, 1.82) is 0 Å². The minimum Gasteiger partial charge on any atom is -0.457 e. The van der Waals surface area contributed by atoms with Gasteiger partial charge in [0.25, 0.3) is 0 Å². The van der Waals surface area contributed by atoms with Crippen LogP contribution in [0, 0.1) is 17.8 Å². The van der Waals surface area contributed by atoms with Gasteiger partial charge in [-0.2, -0.15) is 3.89 Å². The number of ether oxygens (including phenoxy) is 5. The van der Waals surface area contributed by atoms with Gasteiger partial charge in [-0.05, 0) is 105 Å². The summed E-state index contributed by atoms with van der Waals surface area (Å²) in [5.74, 6) is -3.31. The Balaban J connectivity index is 0.00000291. The summed E-state index contributed by atoms with van der Waals surface area (Å²) in [6, 6.07) is 6.40. The highest BCUT2D eigenvalue weighted by Crippen LogP contribution is 2.40. The van der Waals surface area contributed by atoms with Crippen LogP contribution in [0.2, 0.25) is 0 Å². The van der Waals surface area contributed by atoms with E-state index >= 15 is 0 Å². The Morgan fingerprint density at radius 2 is 1.84 bits per heavy atom. The van der Waals surface area contributed by atoms with Crippen LogP contribution in [0.3, 0.4) is 0 Å². The number of amides is 1. The predicted molar refractivity (Wildman–Crippen MR) is 246 cm³/mol. The number of aliphatic hydroxyl groups excluding tert-OH is 1. The number of aromatic nitrogens is 3. The summed E-state index contributed by atoms with van der Waals surface area (Å²) in [4.78, 5) is 46.7. The minimum atomic E-state index is -1.26. The molecule has 1 aromatic carbocycles. The fourth-order valence-electron chi connectivity index (χ4n) is 9.73. The van der Waals surface area contributed by atoms with E-state index in [-0.39, 0.29) is 42.7 Å². The highest BCUT2D eigenvalue weighted by molar-refractivity contribution is 7.93. The van der Waals surface area contributed by atoms with Gasteiger partial charge in [0.15, 0.2) is 17.7 Å². The maximum Gasteiger partial charge on any atom is 0.410 e. The number of aryl methyl sites for hydroxylation is 1. The maximum atomic E-state index is 14.7. The second-order valence-electron chi connectivity index (χ2n) is 18.3. The number of fused-ring (bicyclic) bond motifs is 1. The zero-order valence-electron chi connectivity index (χ0n) is 39.7. The van der Waals surface area contributed by atoms with Crippen LogP contribution in [0.5, 0.6) is 0 Å². The lowest BCUT2D eigenvalue weighted by Gasteiger charge is -2.46. The molecule has 1 amide bonds. The molecule has 3 fully saturated rings.